The molecule has 1 aliphatic heterocycles. The van der Waals surface area contributed by atoms with Gasteiger partial charge in [-0.2, -0.15) is 0 Å². The molecule has 1 saturated heterocycles. The third kappa shape index (κ3) is 4.39. The molecule has 0 aromatic heterocycles. The monoisotopic (exact) mass is 385 g/mol. The first kappa shape index (κ1) is 20.0. The van der Waals surface area contributed by atoms with Crippen LogP contribution in [0.3, 0.4) is 0 Å². The number of benzene rings is 2. The van der Waals surface area contributed by atoms with Gasteiger partial charge in [0, 0.05) is 0 Å². The lowest BCUT2D eigenvalue weighted by molar-refractivity contribution is -0.143. The smallest absolute Gasteiger partial charge is 0.227 e. The highest BCUT2D eigenvalue weighted by atomic mass is 16.5. The number of methoxy groups -OCH3 is 3. The molecular weight excluding hydrogens is 358 g/mol. The summed E-state index contributed by atoms with van der Waals surface area (Å²) in [4.78, 5) is 14.9. The van der Waals surface area contributed by atoms with Gasteiger partial charge in [-0.15, -0.1) is 0 Å². The molecular formula is C22H27NO5. The Balaban J connectivity index is 1.71. The van der Waals surface area contributed by atoms with E-state index < -0.39 is 0 Å². The van der Waals surface area contributed by atoms with E-state index in [1.807, 2.05) is 54.3 Å². The number of nitrogens with zero attached hydrogens (tertiary/aromatic N) is 1. The van der Waals surface area contributed by atoms with E-state index in [9.17, 15) is 4.79 Å². The quantitative estimate of drug-likeness (QED) is 0.764. The number of rotatable bonds is 6. The normalized spacial score (nSPS) is 19.2. The van der Waals surface area contributed by atoms with E-state index in [1.54, 1.807) is 21.3 Å². The molecule has 28 heavy (non-hydrogen) atoms. The van der Waals surface area contributed by atoms with Gasteiger partial charge in [-0.25, -0.2) is 0 Å². The van der Waals surface area contributed by atoms with Gasteiger partial charge < -0.3 is 23.8 Å². The zero-order valence-electron chi connectivity index (χ0n) is 16.8. The van der Waals surface area contributed by atoms with Gasteiger partial charge in [0.25, 0.3) is 0 Å². The van der Waals surface area contributed by atoms with Crippen LogP contribution in [-0.2, 0) is 16.0 Å². The fourth-order valence-electron chi connectivity index (χ4n) is 3.39. The van der Waals surface area contributed by atoms with Gasteiger partial charge >= 0.3 is 0 Å². The molecule has 150 valence electrons. The highest BCUT2D eigenvalue weighted by Crippen LogP contribution is 2.29. The Morgan fingerprint density at radius 2 is 1.75 bits per heavy atom. The van der Waals surface area contributed by atoms with Crippen LogP contribution in [0.4, 0.5) is 0 Å². The standard InChI is InChI=1S/C22H27NO5/c1-15-14-28-21(17-6-8-18(25-2)9-7-17)13-23(15)22(24)12-16-5-10-19(26-3)20(11-16)27-4/h5-11,15,21H,12-14H2,1-4H3. The van der Waals surface area contributed by atoms with Crippen molar-refractivity contribution in [2.45, 2.75) is 25.5 Å². The summed E-state index contributed by atoms with van der Waals surface area (Å²) >= 11 is 0. The predicted octanol–water partition coefficient (Wildman–Crippen LogP) is 3.24. The first-order chi connectivity index (χ1) is 13.5. The van der Waals surface area contributed by atoms with E-state index in [0.717, 1.165) is 16.9 Å². The minimum atomic E-state index is -0.142. The van der Waals surface area contributed by atoms with E-state index in [-0.39, 0.29) is 18.1 Å². The molecule has 6 heteroatoms. The number of amides is 1. The van der Waals surface area contributed by atoms with Crippen LogP contribution < -0.4 is 14.2 Å². The molecule has 2 aromatic rings. The van der Waals surface area contributed by atoms with Crippen molar-refractivity contribution in [2.24, 2.45) is 0 Å². The number of ether oxygens (including phenoxy) is 4. The molecule has 0 radical (unpaired) electrons. The zero-order valence-corrected chi connectivity index (χ0v) is 16.8. The van der Waals surface area contributed by atoms with E-state index >= 15 is 0 Å². The fourth-order valence-corrected chi connectivity index (χ4v) is 3.39. The Bertz CT molecular complexity index is 805. The van der Waals surface area contributed by atoms with Crippen molar-refractivity contribution < 1.29 is 23.7 Å². The van der Waals surface area contributed by atoms with Crippen molar-refractivity contribution in [3.05, 3.63) is 53.6 Å². The van der Waals surface area contributed by atoms with Crippen molar-refractivity contribution in [1.82, 2.24) is 4.90 Å². The maximum Gasteiger partial charge on any atom is 0.227 e. The Morgan fingerprint density at radius 1 is 1.04 bits per heavy atom. The lowest BCUT2D eigenvalue weighted by atomic mass is 10.0. The van der Waals surface area contributed by atoms with Crippen LogP contribution in [0.5, 0.6) is 17.2 Å². The third-order valence-electron chi connectivity index (χ3n) is 5.04. The fraction of sp³-hybridized carbons (Fsp3) is 0.409. The van der Waals surface area contributed by atoms with Gasteiger partial charge in [0.1, 0.15) is 11.9 Å². The van der Waals surface area contributed by atoms with Crippen LogP contribution in [0, 0.1) is 0 Å². The summed E-state index contributed by atoms with van der Waals surface area (Å²) in [6.45, 7) is 3.05. The molecule has 0 saturated carbocycles. The van der Waals surface area contributed by atoms with E-state index in [1.165, 1.54) is 0 Å². The molecule has 2 atom stereocenters. The second-order valence-electron chi connectivity index (χ2n) is 6.86. The summed E-state index contributed by atoms with van der Waals surface area (Å²) in [5.41, 5.74) is 1.93. The van der Waals surface area contributed by atoms with Crippen molar-refractivity contribution in [2.75, 3.05) is 34.5 Å². The number of carbonyl (C=O) groups excluding carboxylic acids is 1. The number of hydrogen-bond donors (Lipinski definition) is 0. The predicted molar refractivity (Wildman–Crippen MR) is 106 cm³/mol. The first-order valence-corrected chi connectivity index (χ1v) is 9.31. The van der Waals surface area contributed by atoms with Crippen LogP contribution >= 0.6 is 0 Å². The number of hydrogen-bond acceptors (Lipinski definition) is 5. The maximum absolute atomic E-state index is 13.0. The molecule has 6 nitrogen and oxygen atoms in total. The van der Waals surface area contributed by atoms with E-state index in [4.69, 9.17) is 18.9 Å². The van der Waals surface area contributed by atoms with Gasteiger partial charge in [0.05, 0.1) is 46.9 Å². The molecule has 2 aromatic carbocycles. The lowest BCUT2D eigenvalue weighted by Crippen LogP contribution is -2.48. The summed E-state index contributed by atoms with van der Waals surface area (Å²) in [5.74, 6) is 2.15. The van der Waals surface area contributed by atoms with E-state index in [2.05, 4.69) is 0 Å². The van der Waals surface area contributed by atoms with Gasteiger partial charge in [-0.05, 0) is 42.3 Å². The van der Waals surface area contributed by atoms with Gasteiger partial charge in [-0.3, -0.25) is 4.79 Å². The first-order valence-electron chi connectivity index (χ1n) is 9.31. The lowest BCUT2D eigenvalue weighted by Gasteiger charge is -2.38. The molecule has 0 aliphatic carbocycles. The average Bonchev–Trinajstić information content (AvgIpc) is 2.74. The summed E-state index contributed by atoms with van der Waals surface area (Å²) < 4.78 is 21.8. The molecule has 1 fully saturated rings. The largest absolute Gasteiger partial charge is 0.497 e. The molecule has 2 unspecified atom stereocenters. The maximum atomic E-state index is 13.0. The van der Waals surface area contributed by atoms with Crippen molar-refractivity contribution in [3.8, 4) is 17.2 Å². The van der Waals surface area contributed by atoms with Crippen molar-refractivity contribution in [1.29, 1.82) is 0 Å². The highest BCUT2D eigenvalue weighted by Gasteiger charge is 2.30. The molecule has 0 spiro atoms. The van der Waals surface area contributed by atoms with Crippen LogP contribution in [-0.4, -0.2) is 51.3 Å². The molecule has 1 amide bonds. The van der Waals surface area contributed by atoms with Gasteiger partial charge in [0.2, 0.25) is 5.91 Å². The molecule has 0 N–H and O–H groups in total. The van der Waals surface area contributed by atoms with Gasteiger partial charge in [-0.1, -0.05) is 18.2 Å². The third-order valence-corrected chi connectivity index (χ3v) is 5.04. The SMILES string of the molecule is COc1ccc(C2CN(C(=O)Cc3ccc(OC)c(OC)c3)C(C)CO2)cc1. The van der Waals surface area contributed by atoms with Crippen molar-refractivity contribution >= 4 is 5.91 Å². The minimum Gasteiger partial charge on any atom is -0.497 e. The second kappa shape index (κ2) is 8.97. The van der Waals surface area contributed by atoms with Crippen LogP contribution in [0.1, 0.15) is 24.2 Å². The zero-order chi connectivity index (χ0) is 20.1. The second-order valence-corrected chi connectivity index (χ2v) is 6.86. The molecule has 3 rings (SSSR count). The molecule has 1 heterocycles. The molecule has 1 aliphatic rings. The van der Waals surface area contributed by atoms with Crippen LogP contribution in [0.15, 0.2) is 42.5 Å². The van der Waals surface area contributed by atoms with Crippen LogP contribution in [0.2, 0.25) is 0 Å². The molecule has 0 bridgehead atoms. The van der Waals surface area contributed by atoms with E-state index in [0.29, 0.717) is 31.1 Å². The Labute approximate surface area is 166 Å². The minimum absolute atomic E-state index is 0.0298. The number of carbonyl (C=O) groups is 1. The number of morpholine rings is 1. The topological polar surface area (TPSA) is 57.2 Å². The summed E-state index contributed by atoms with van der Waals surface area (Å²) in [5, 5.41) is 0. The Morgan fingerprint density at radius 3 is 2.39 bits per heavy atom. The Hall–Kier alpha value is -2.73. The van der Waals surface area contributed by atoms with Crippen molar-refractivity contribution in [3.63, 3.8) is 0 Å². The summed E-state index contributed by atoms with van der Waals surface area (Å²) in [6.07, 6.45) is 0.163. The summed E-state index contributed by atoms with van der Waals surface area (Å²) in [7, 11) is 4.83. The van der Waals surface area contributed by atoms with Gasteiger partial charge in [0.15, 0.2) is 11.5 Å². The van der Waals surface area contributed by atoms with Crippen LogP contribution in [0.25, 0.3) is 0 Å². The summed E-state index contributed by atoms with van der Waals surface area (Å²) in [6, 6.07) is 13.4. The highest BCUT2D eigenvalue weighted by molar-refractivity contribution is 5.79. The Kier molecular flexibility index (Phi) is 6.41. The average molecular weight is 385 g/mol.